The van der Waals surface area contributed by atoms with Crippen LogP contribution in [-0.2, 0) is 9.53 Å². The molecule has 2 heterocycles. The van der Waals surface area contributed by atoms with E-state index >= 15 is 0 Å². The molecule has 2 radical (unpaired) electrons. The van der Waals surface area contributed by atoms with E-state index in [1.54, 1.807) is 6.42 Å². The number of rotatable bonds is 8. The van der Waals surface area contributed by atoms with Crippen LogP contribution in [-0.4, -0.2) is 24.8 Å². The molecule has 4 heteroatoms. The van der Waals surface area contributed by atoms with Gasteiger partial charge in [0.2, 0.25) is 11.7 Å². The van der Waals surface area contributed by atoms with Gasteiger partial charge in [0.15, 0.2) is 0 Å². The van der Waals surface area contributed by atoms with Gasteiger partial charge in [-0.05, 0) is 42.7 Å². The molecule has 0 aliphatic carbocycles. The number of epoxide rings is 1. The van der Waals surface area contributed by atoms with Crippen molar-refractivity contribution in [3.8, 4) is 5.75 Å². The first-order valence-electron chi connectivity index (χ1n) is 10.5. The van der Waals surface area contributed by atoms with Crippen molar-refractivity contribution in [3.05, 3.63) is 36.2 Å². The maximum Gasteiger partial charge on any atom is 0.234 e. The largest absolute Gasteiger partial charge is 0.460 e. The van der Waals surface area contributed by atoms with E-state index in [9.17, 15) is 4.79 Å². The molecule has 3 rings (SSSR count). The third-order valence-corrected chi connectivity index (χ3v) is 6.02. The number of carbonyl (C=O) groups is 1. The molecule has 4 nitrogen and oxygen atoms in total. The van der Waals surface area contributed by atoms with Gasteiger partial charge in [0.05, 0.1) is 6.42 Å². The average molecular weight is 372 g/mol. The van der Waals surface area contributed by atoms with E-state index in [2.05, 4.69) is 32.2 Å². The van der Waals surface area contributed by atoms with Crippen molar-refractivity contribution in [2.24, 2.45) is 11.8 Å². The van der Waals surface area contributed by atoms with E-state index in [0.717, 1.165) is 43.5 Å². The highest BCUT2D eigenvalue weighted by molar-refractivity contribution is 5.84. The molecule has 27 heavy (non-hydrogen) atoms. The highest BCUT2D eigenvalue weighted by Crippen LogP contribution is 2.43. The summed E-state index contributed by atoms with van der Waals surface area (Å²) in [5.41, 5.74) is 1.09. The van der Waals surface area contributed by atoms with Crippen molar-refractivity contribution in [1.29, 1.82) is 0 Å². The Morgan fingerprint density at radius 1 is 1.37 bits per heavy atom. The average Bonchev–Trinajstić information content (AvgIpc) is 3.42. The Morgan fingerprint density at radius 2 is 2.19 bits per heavy atom. The van der Waals surface area contributed by atoms with Crippen LogP contribution < -0.4 is 10.1 Å². The molecule has 2 aliphatic heterocycles. The first-order chi connectivity index (χ1) is 13.1. The minimum atomic E-state index is -0.449. The molecule has 0 bridgehead atoms. The Labute approximate surface area is 164 Å². The topological polar surface area (TPSA) is 50.9 Å². The molecule has 0 aromatic heterocycles. The van der Waals surface area contributed by atoms with Crippen molar-refractivity contribution >= 4 is 5.91 Å². The zero-order valence-corrected chi connectivity index (χ0v) is 16.9. The minimum Gasteiger partial charge on any atom is -0.460 e. The second-order valence-corrected chi connectivity index (χ2v) is 8.05. The van der Waals surface area contributed by atoms with Crippen molar-refractivity contribution in [3.63, 3.8) is 0 Å². The van der Waals surface area contributed by atoms with Crippen LogP contribution in [0.1, 0.15) is 70.8 Å². The summed E-state index contributed by atoms with van der Waals surface area (Å²) in [6, 6.07) is 9.40. The molecule has 1 amide bonds. The number of nitrogens with one attached hydrogen (secondary N) is 1. The molecule has 148 valence electrons. The van der Waals surface area contributed by atoms with E-state index in [-0.39, 0.29) is 11.8 Å². The van der Waals surface area contributed by atoms with E-state index in [4.69, 9.17) is 9.47 Å². The lowest BCUT2D eigenvalue weighted by Gasteiger charge is -2.34. The number of benzene rings is 1. The molecule has 2 saturated heterocycles. The van der Waals surface area contributed by atoms with Gasteiger partial charge in [-0.15, -0.1) is 0 Å². The number of carbonyl (C=O) groups excluding carboxylic acids is 1. The van der Waals surface area contributed by atoms with Gasteiger partial charge in [0.25, 0.3) is 0 Å². The van der Waals surface area contributed by atoms with Crippen LogP contribution >= 0.6 is 0 Å². The van der Waals surface area contributed by atoms with Gasteiger partial charge < -0.3 is 14.8 Å². The van der Waals surface area contributed by atoms with Crippen LogP contribution in [0.3, 0.4) is 0 Å². The molecule has 1 aromatic carbocycles. The van der Waals surface area contributed by atoms with Gasteiger partial charge in [-0.2, -0.15) is 0 Å². The van der Waals surface area contributed by atoms with Crippen LogP contribution in [0.25, 0.3) is 0 Å². The summed E-state index contributed by atoms with van der Waals surface area (Å²) in [7, 11) is 0. The fraction of sp³-hybridized carbons (Fsp3) is 0.652. The molecular weight excluding hydrogens is 338 g/mol. The zero-order valence-electron chi connectivity index (χ0n) is 16.9. The maximum atomic E-state index is 12.0. The zero-order chi connectivity index (χ0) is 19.3. The highest BCUT2D eigenvalue weighted by atomic mass is 16.8. The van der Waals surface area contributed by atoms with E-state index in [0.29, 0.717) is 18.4 Å². The fourth-order valence-corrected chi connectivity index (χ4v) is 4.30. The lowest BCUT2D eigenvalue weighted by atomic mass is 9.73. The van der Waals surface area contributed by atoms with E-state index in [1.807, 2.05) is 18.2 Å². The van der Waals surface area contributed by atoms with E-state index in [1.165, 1.54) is 12.8 Å². The van der Waals surface area contributed by atoms with Gasteiger partial charge in [-0.3, -0.25) is 4.79 Å². The molecular formula is C23H33NO3. The molecule has 1 N–H and O–H groups in total. The van der Waals surface area contributed by atoms with Gasteiger partial charge >= 0.3 is 0 Å². The predicted octanol–water partition coefficient (Wildman–Crippen LogP) is 4.64. The summed E-state index contributed by atoms with van der Waals surface area (Å²) in [6.07, 6.45) is 8.01. The van der Waals surface area contributed by atoms with Gasteiger partial charge in [0.1, 0.15) is 12.4 Å². The lowest BCUT2D eigenvalue weighted by molar-refractivity contribution is -0.118. The SMILES string of the molecule is CCCCCC1(Oc2ccc[c]c2C2C[CH]C(=O)NCC(C)C2CC)CO1. The molecule has 0 spiro atoms. The number of ether oxygens (including phenoxy) is 2. The highest BCUT2D eigenvalue weighted by Gasteiger charge is 2.47. The Bertz CT molecular complexity index is 626. The molecule has 2 aliphatic rings. The van der Waals surface area contributed by atoms with Crippen LogP contribution in [0, 0.1) is 24.3 Å². The number of unbranched alkanes of at least 4 members (excludes halogenated alkanes) is 2. The fourth-order valence-electron chi connectivity index (χ4n) is 4.30. The maximum absolute atomic E-state index is 12.0. The van der Waals surface area contributed by atoms with Crippen molar-refractivity contribution in [2.75, 3.05) is 13.2 Å². The number of amides is 1. The van der Waals surface area contributed by atoms with Gasteiger partial charge in [-0.1, -0.05) is 52.2 Å². The van der Waals surface area contributed by atoms with E-state index < -0.39 is 5.79 Å². The number of hydrogen-bond donors (Lipinski definition) is 1. The smallest absolute Gasteiger partial charge is 0.234 e. The van der Waals surface area contributed by atoms with Gasteiger partial charge in [-0.25, -0.2) is 0 Å². The Hall–Kier alpha value is -1.55. The second-order valence-electron chi connectivity index (χ2n) is 8.05. The lowest BCUT2D eigenvalue weighted by Crippen LogP contribution is -2.37. The normalized spacial score (nSPS) is 30.9. The predicted molar refractivity (Wildman–Crippen MR) is 106 cm³/mol. The van der Waals surface area contributed by atoms with Crippen molar-refractivity contribution < 1.29 is 14.3 Å². The first-order valence-corrected chi connectivity index (χ1v) is 10.5. The van der Waals surface area contributed by atoms with Crippen LogP contribution in [0.2, 0.25) is 0 Å². The molecule has 4 atom stereocenters. The Morgan fingerprint density at radius 3 is 2.89 bits per heavy atom. The summed E-state index contributed by atoms with van der Waals surface area (Å²) in [5, 5.41) is 3.01. The third kappa shape index (κ3) is 5.04. The standard InChI is InChI=1S/C23H33NO3/c1-4-6-9-14-23(16-26-23)27-21-11-8-7-10-20(21)19-12-13-22(25)24-15-17(3)18(19)5-2/h7-8,11,13,17-19H,4-6,9,12,14-16H2,1-3H3,(H,24,25). The summed E-state index contributed by atoms with van der Waals surface area (Å²) < 4.78 is 12.1. The third-order valence-electron chi connectivity index (χ3n) is 6.02. The monoisotopic (exact) mass is 371 g/mol. The molecule has 2 fully saturated rings. The van der Waals surface area contributed by atoms with Crippen LogP contribution in [0.4, 0.5) is 0 Å². The summed E-state index contributed by atoms with van der Waals surface area (Å²) in [4.78, 5) is 12.0. The summed E-state index contributed by atoms with van der Waals surface area (Å²) in [6.45, 7) is 8.05. The quantitative estimate of drug-likeness (QED) is 0.535. The first kappa shape index (κ1) is 20.2. The minimum absolute atomic E-state index is 0.0290. The van der Waals surface area contributed by atoms with Crippen LogP contribution in [0.15, 0.2) is 18.2 Å². The summed E-state index contributed by atoms with van der Waals surface area (Å²) in [5.74, 6) is 1.57. The second kappa shape index (κ2) is 9.09. The summed E-state index contributed by atoms with van der Waals surface area (Å²) >= 11 is 0. The Kier molecular flexibility index (Phi) is 6.80. The molecule has 0 saturated carbocycles. The van der Waals surface area contributed by atoms with Gasteiger partial charge in [0, 0.05) is 18.5 Å². The Balaban J connectivity index is 1.81. The number of hydrogen-bond acceptors (Lipinski definition) is 3. The molecule has 1 aromatic rings. The van der Waals surface area contributed by atoms with Crippen molar-refractivity contribution in [2.45, 2.75) is 71.0 Å². The van der Waals surface area contributed by atoms with Crippen LogP contribution in [0.5, 0.6) is 5.75 Å². The van der Waals surface area contributed by atoms with Crippen molar-refractivity contribution in [1.82, 2.24) is 5.32 Å². The molecule has 4 unspecified atom stereocenters.